The number of halogens is 1. The molecule has 1 aliphatic rings. The highest BCUT2D eigenvalue weighted by Gasteiger charge is 2.17. The Hall–Kier alpha value is -0.870. The van der Waals surface area contributed by atoms with Crippen molar-refractivity contribution in [1.82, 2.24) is 15.5 Å². The van der Waals surface area contributed by atoms with E-state index in [0.717, 1.165) is 37.6 Å². The summed E-state index contributed by atoms with van der Waals surface area (Å²) in [5.74, 6) is 0.802. The normalized spacial score (nSPS) is 18.4. The number of guanidine groups is 1. The van der Waals surface area contributed by atoms with Crippen molar-refractivity contribution < 1.29 is 8.42 Å². The van der Waals surface area contributed by atoms with Crippen molar-refractivity contribution in [2.24, 2.45) is 4.99 Å². The smallest absolute Gasteiger partial charge is 0.191 e. The molecule has 2 N–H and O–H groups in total. The van der Waals surface area contributed by atoms with Crippen LogP contribution in [0.3, 0.4) is 0 Å². The quantitative estimate of drug-likeness (QED) is 0.238. The molecule has 1 atom stereocenters. The molecular weight excluding hydrogens is 487 g/mol. The Morgan fingerprint density at radius 2 is 1.93 bits per heavy atom. The number of piperidine rings is 1. The van der Waals surface area contributed by atoms with Gasteiger partial charge in [0.2, 0.25) is 0 Å². The number of benzene rings is 1. The van der Waals surface area contributed by atoms with Crippen LogP contribution in [-0.2, 0) is 16.4 Å². The maximum Gasteiger partial charge on any atom is 0.191 e. The summed E-state index contributed by atoms with van der Waals surface area (Å²) >= 11 is 0. The number of sulfone groups is 1. The summed E-state index contributed by atoms with van der Waals surface area (Å²) in [6.07, 6.45) is 6.31. The van der Waals surface area contributed by atoms with Gasteiger partial charge in [-0.05, 0) is 57.4 Å². The number of hydrogen-bond acceptors (Lipinski definition) is 4. The molecule has 0 spiro atoms. The van der Waals surface area contributed by atoms with Crippen molar-refractivity contribution in [2.45, 2.75) is 57.0 Å². The highest BCUT2D eigenvalue weighted by atomic mass is 127. The molecule has 1 saturated heterocycles. The Morgan fingerprint density at radius 1 is 1.21 bits per heavy atom. The highest BCUT2D eigenvalue weighted by molar-refractivity contribution is 14.0. The summed E-state index contributed by atoms with van der Waals surface area (Å²) < 4.78 is 23.1. The first-order valence-electron chi connectivity index (χ1n) is 9.95. The van der Waals surface area contributed by atoms with Gasteiger partial charge in [-0.15, -0.1) is 24.0 Å². The topological polar surface area (TPSA) is 73.8 Å². The molecule has 0 amide bonds. The van der Waals surface area contributed by atoms with Crippen LogP contribution in [0.1, 0.15) is 45.1 Å². The zero-order chi connectivity index (χ0) is 19.7. The lowest BCUT2D eigenvalue weighted by atomic mass is 10.0. The van der Waals surface area contributed by atoms with Gasteiger partial charge in [0.25, 0.3) is 0 Å². The molecule has 1 fully saturated rings. The van der Waals surface area contributed by atoms with Gasteiger partial charge in [-0.25, -0.2) is 13.4 Å². The van der Waals surface area contributed by atoms with E-state index in [0.29, 0.717) is 17.5 Å². The van der Waals surface area contributed by atoms with E-state index in [1.54, 1.807) is 12.1 Å². The molecule has 2 rings (SSSR count). The van der Waals surface area contributed by atoms with E-state index in [1.165, 1.54) is 32.1 Å². The first-order chi connectivity index (χ1) is 12.9. The second-order valence-electron chi connectivity index (χ2n) is 7.27. The minimum Gasteiger partial charge on any atom is -0.357 e. The summed E-state index contributed by atoms with van der Waals surface area (Å²) in [5.41, 5.74) is 0.988. The number of aliphatic imine (C=N–C) groups is 1. The van der Waals surface area contributed by atoms with Gasteiger partial charge >= 0.3 is 0 Å². The highest BCUT2D eigenvalue weighted by Crippen LogP contribution is 2.16. The third kappa shape index (κ3) is 8.65. The van der Waals surface area contributed by atoms with E-state index in [1.807, 2.05) is 19.1 Å². The standard InChI is InChI=1S/C20H34N4O2S.HI/c1-4-21-20(22-13-7-15-24-14-6-5-8-17(24)2)23-16-18-9-11-19(12-10-18)27(3,25)26;/h9-12,17H,4-8,13-16H2,1-3H3,(H2,21,22,23);1H. The largest absolute Gasteiger partial charge is 0.357 e. The van der Waals surface area contributed by atoms with Crippen LogP contribution < -0.4 is 10.6 Å². The molecule has 160 valence electrons. The van der Waals surface area contributed by atoms with Crippen LogP contribution in [0.2, 0.25) is 0 Å². The van der Waals surface area contributed by atoms with Crippen LogP contribution in [0.25, 0.3) is 0 Å². The van der Waals surface area contributed by atoms with Crippen molar-refractivity contribution in [3.8, 4) is 0 Å². The fraction of sp³-hybridized carbons (Fsp3) is 0.650. The Morgan fingerprint density at radius 3 is 2.54 bits per heavy atom. The van der Waals surface area contributed by atoms with Crippen molar-refractivity contribution in [2.75, 3.05) is 32.4 Å². The molecule has 0 aromatic heterocycles. The second-order valence-corrected chi connectivity index (χ2v) is 9.29. The van der Waals surface area contributed by atoms with E-state index in [2.05, 4.69) is 27.4 Å². The first kappa shape index (κ1) is 25.2. The van der Waals surface area contributed by atoms with Crippen LogP contribution in [0.15, 0.2) is 34.2 Å². The lowest BCUT2D eigenvalue weighted by Gasteiger charge is -2.33. The van der Waals surface area contributed by atoms with Gasteiger partial charge in [0.1, 0.15) is 0 Å². The van der Waals surface area contributed by atoms with Gasteiger partial charge in [0, 0.05) is 31.9 Å². The summed E-state index contributed by atoms with van der Waals surface area (Å²) in [6, 6.07) is 7.62. The van der Waals surface area contributed by atoms with Gasteiger partial charge in [0.15, 0.2) is 15.8 Å². The fourth-order valence-corrected chi connectivity index (χ4v) is 3.96. The number of hydrogen-bond donors (Lipinski definition) is 2. The minimum absolute atomic E-state index is 0. The molecule has 1 unspecified atom stereocenters. The zero-order valence-electron chi connectivity index (χ0n) is 17.3. The summed E-state index contributed by atoms with van der Waals surface area (Å²) in [5, 5.41) is 6.66. The molecule has 0 saturated carbocycles. The Labute approximate surface area is 187 Å². The molecule has 1 aromatic carbocycles. The predicted molar refractivity (Wildman–Crippen MR) is 127 cm³/mol. The maximum absolute atomic E-state index is 11.5. The third-order valence-corrected chi connectivity index (χ3v) is 6.10. The second kappa shape index (κ2) is 12.6. The van der Waals surface area contributed by atoms with E-state index < -0.39 is 9.84 Å². The molecule has 8 heteroatoms. The summed E-state index contributed by atoms with van der Waals surface area (Å²) in [6.45, 7) is 8.94. The molecule has 6 nitrogen and oxygen atoms in total. The van der Waals surface area contributed by atoms with Gasteiger partial charge in [-0.1, -0.05) is 18.6 Å². The molecule has 0 bridgehead atoms. The molecule has 1 aromatic rings. The first-order valence-corrected chi connectivity index (χ1v) is 11.8. The van der Waals surface area contributed by atoms with E-state index in [-0.39, 0.29) is 24.0 Å². The zero-order valence-corrected chi connectivity index (χ0v) is 20.4. The number of nitrogens with one attached hydrogen (secondary N) is 2. The maximum atomic E-state index is 11.5. The lowest BCUT2D eigenvalue weighted by Crippen LogP contribution is -2.41. The SMILES string of the molecule is CCNC(=NCc1ccc(S(C)(=O)=O)cc1)NCCCN1CCCCC1C.I. The van der Waals surface area contributed by atoms with Crippen molar-refractivity contribution in [1.29, 1.82) is 0 Å². The third-order valence-electron chi connectivity index (χ3n) is 4.97. The average molecular weight is 522 g/mol. The summed E-state index contributed by atoms with van der Waals surface area (Å²) in [4.78, 5) is 7.53. The van der Waals surface area contributed by atoms with Crippen molar-refractivity contribution in [3.05, 3.63) is 29.8 Å². The van der Waals surface area contributed by atoms with Gasteiger partial charge in [0.05, 0.1) is 11.4 Å². The Bertz CT molecular complexity index is 707. The number of rotatable bonds is 8. The molecule has 1 heterocycles. The number of likely N-dealkylation sites (tertiary alicyclic amines) is 1. The predicted octanol–water partition coefficient (Wildman–Crippen LogP) is 3.03. The van der Waals surface area contributed by atoms with E-state index in [9.17, 15) is 8.42 Å². The Balaban J connectivity index is 0.00000392. The van der Waals surface area contributed by atoms with Gasteiger partial charge in [-0.3, -0.25) is 0 Å². The van der Waals surface area contributed by atoms with Crippen LogP contribution in [0, 0.1) is 0 Å². The van der Waals surface area contributed by atoms with Crippen LogP contribution in [0.4, 0.5) is 0 Å². The Kier molecular flexibility index (Phi) is 11.4. The lowest BCUT2D eigenvalue weighted by molar-refractivity contribution is 0.159. The van der Waals surface area contributed by atoms with Crippen molar-refractivity contribution >= 4 is 39.8 Å². The van der Waals surface area contributed by atoms with Crippen LogP contribution in [0.5, 0.6) is 0 Å². The van der Waals surface area contributed by atoms with Crippen LogP contribution >= 0.6 is 24.0 Å². The van der Waals surface area contributed by atoms with E-state index >= 15 is 0 Å². The van der Waals surface area contributed by atoms with Crippen LogP contribution in [-0.4, -0.2) is 57.8 Å². The molecule has 28 heavy (non-hydrogen) atoms. The van der Waals surface area contributed by atoms with Gasteiger partial charge in [-0.2, -0.15) is 0 Å². The minimum atomic E-state index is -3.15. The van der Waals surface area contributed by atoms with Gasteiger partial charge < -0.3 is 15.5 Å². The average Bonchev–Trinajstić information content (AvgIpc) is 2.64. The monoisotopic (exact) mass is 522 g/mol. The fourth-order valence-electron chi connectivity index (χ4n) is 3.33. The van der Waals surface area contributed by atoms with Crippen molar-refractivity contribution in [3.63, 3.8) is 0 Å². The number of nitrogens with zero attached hydrogens (tertiary/aromatic N) is 2. The summed E-state index contributed by atoms with van der Waals surface area (Å²) in [7, 11) is -3.15. The van der Waals surface area contributed by atoms with E-state index in [4.69, 9.17) is 0 Å². The molecule has 0 radical (unpaired) electrons. The molecular formula is C20H35IN4O2S. The molecule has 0 aliphatic carbocycles. The molecule has 1 aliphatic heterocycles.